The number of carbonyl (C=O) groups excluding carboxylic acids is 1. The van der Waals surface area contributed by atoms with Crippen LogP contribution in [-0.2, 0) is 22.4 Å². The second-order valence-electron chi connectivity index (χ2n) is 13.5. The van der Waals surface area contributed by atoms with Crippen LogP contribution in [0.4, 0.5) is 11.5 Å². The van der Waals surface area contributed by atoms with Gasteiger partial charge in [-0.1, -0.05) is 36.4 Å². The summed E-state index contributed by atoms with van der Waals surface area (Å²) in [7, 11) is 0. The molecule has 0 spiro atoms. The number of hydrogen-bond acceptors (Lipinski definition) is 10. The summed E-state index contributed by atoms with van der Waals surface area (Å²) >= 11 is 0. The first kappa shape index (κ1) is 30.9. The lowest BCUT2D eigenvalue weighted by molar-refractivity contribution is -0.0317. The smallest absolute Gasteiger partial charge is 0.176 e. The summed E-state index contributed by atoms with van der Waals surface area (Å²) in [6.07, 6.45) is 2.84. The molecule has 0 saturated carbocycles. The van der Waals surface area contributed by atoms with E-state index in [4.69, 9.17) is 14.5 Å². The van der Waals surface area contributed by atoms with Gasteiger partial charge in [0.25, 0.3) is 0 Å². The Balaban J connectivity index is 0.923. The molecule has 0 N–H and O–H groups in total. The monoisotopic (exact) mass is 643 g/mol. The molecule has 2 aromatic heterocycles. The minimum Gasteiger partial charge on any atom is -0.373 e. The molecule has 4 aliphatic rings. The number of hydrogen-bond donors (Lipinski definition) is 0. The van der Waals surface area contributed by atoms with Crippen LogP contribution in [0.1, 0.15) is 34.1 Å². The molecule has 2 aromatic carbocycles. The van der Waals surface area contributed by atoms with E-state index >= 15 is 0 Å². The molecule has 4 atom stereocenters. The maximum atomic E-state index is 12.8. The van der Waals surface area contributed by atoms with Crippen LogP contribution in [-0.4, -0.2) is 109 Å². The molecule has 10 heteroatoms. The number of ether oxygens (including phenoxy) is 2. The van der Waals surface area contributed by atoms with Crippen molar-refractivity contribution >= 4 is 28.2 Å². The number of carbonyl (C=O) groups is 1. The largest absolute Gasteiger partial charge is 0.373 e. The summed E-state index contributed by atoms with van der Waals surface area (Å²) in [6, 6.07) is 24.4. The van der Waals surface area contributed by atoms with Crippen LogP contribution < -0.4 is 9.80 Å². The Morgan fingerprint density at radius 3 is 2.75 bits per heavy atom. The van der Waals surface area contributed by atoms with E-state index in [-0.39, 0.29) is 30.1 Å². The SMILES string of the molecule is C[C@@H]1CN(c2ccc(C#N)c3ncccc23)C[C@H](CN2CC3[C@@H](C2)OCCN3c2ccc3c(n2)CCN(CC(=O)c2ccccc2)C3)O1. The van der Waals surface area contributed by atoms with Crippen molar-refractivity contribution < 1.29 is 14.3 Å². The van der Waals surface area contributed by atoms with Gasteiger partial charge in [-0.3, -0.25) is 19.6 Å². The van der Waals surface area contributed by atoms with Gasteiger partial charge in [0.1, 0.15) is 11.9 Å². The Bertz CT molecular complexity index is 1850. The second-order valence-corrected chi connectivity index (χ2v) is 13.5. The topological polar surface area (TPSA) is 98.1 Å². The summed E-state index contributed by atoms with van der Waals surface area (Å²) in [5.74, 6) is 1.19. The maximum absolute atomic E-state index is 12.8. The van der Waals surface area contributed by atoms with Crippen molar-refractivity contribution in [3.05, 3.63) is 95.3 Å². The zero-order valence-corrected chi connectivity index (χ0v) is 27.4. The first-order chi connectivity index (χ1) is 23.5. The molecule has 48 heavy (non-hydrogen) atoms. The van der Waals surface area contributed by atoms with Gasteiger partial charge in [-0.15, -0.1) is 0 Å². The number of pyridine rings is 2. The highest BCUT2D eigenvalue weighted by Gasteiger charge is 2.42. The number of benzene rings is 2. The van der Waals surface area contributed by atoms with E-state index < -0.39 is 0 Å². The number of rotatable bonds is 7. The summed E-state index contributed by atoms with van der Waals surface area (Å²) in [4.78, 5) is 32.1. The Morgan fingerprint density at radius 2 is 1.88 bits per heavy atom. The number of nitrogens with zero attached hydrogens (tertiary/aromatic N) is 7. The lowest BCUT2D eigenvalue weighted by Crippen LogP contribution is -2.52. The minimum absolute atomic E-state index is 0.0447. The minimum atomic E-state index is 0.0447. The molecule has 8 rings (SSSR count). The molecule has 3 saturated heterocycles. The lowest BCUT2D eigenvalue weighted by atomic mass is 10.0. The quantitative estimate of drug-likeness (QED) is 0.276. The molecule has 10 nitrogen and oxygen atoms in total. The molecule has 3 fully saturated rings. The Morgan fingerprint density at radius 1 is 0.979 bits per heavy atom. The van der Waals surface area contributed by atoms with Gasteiger partial charge in [-0.25, -0.2) is 4.98 Å². The Hall–Kier alpha value is -4.40. The fourth-order valence-electron chi connectivity index (χ4n) is 8.03. The van der Waals surface area contributed by atoms with Gasteiger partial charge in [0, 0.05) is 87.3 Å². The van der Waals surface area contributed by atoms with Crippen molar-refractivity contribution in [2.45, 2.75) is 44.2 Å². The normalized spacial score (nSPS) is 24.7. The average Bonchev–Trinajstić information content (AvgIpc) is 3.53. The number of ketones is 1. The third-order valence-corrected chi connectivity index (χ3v) is 10.2. The van der Waals surface area contributed by atoms with Crippen molar-refractivity contribution in [1.29, 1.82) is 5.26 Å². The summed E-state index contributed by atoms with van der Waals surface area (Å²) < 4.78 is 12.8. The molecule has 246 valence electrons. The van der Waals surface area contributed by atoms with Crippen LogP contribution in [0.5, 0.6) is 0 Å². The molecular formula is C38H41N7O3. The maximum Gasteiger partial charge on any atom is 0.176 e. The van der Waals surface area contributed by atoms with E-state index in [9.17, 15) is 10.1 Å². The summed E-state index contributed by atoms with van der Waals surface area (Å²) in [6.45, 7) is 9.81. The Labute approximate surface area is 281 Å². The van der Waals surface area contributed by atoms with Crippen LogP contribution in [0, 0.1) is 11.3 Å². The molecule has 1 unspecified atom stereocenters. The van der Waals surface area contributed by atoms with Gasteiger partial charge in [0.2, 0.25) is 0 Å². The third kappa shape index (κ3) is 6.15. The number of anilines is 2. The van der Waals surface area contributed by atoms with Crippen molar-refractivity contribution in [1.82, 2.24) is 19.8 Å². The highest BCUT2D eigenvalue weighted by atomic mass is 16.5. The van der Waals surface area contributed by atoms with Crippen molar-refractivity contribution in [3.8, 4) is 6.07 Å². The molecule has 0 aliphatic carbocycles. The standard InChI is InChI=1S/C38H41N7O3/c1-26-19-44(33-11-9-28(18-39)38-31(33)8-5-14-40-38)22-30(48-26)21-43-23-34-36(25-43)47-17-16-45(34)37-12-10-29-20-42(15-13-32(29)41-37)24-35(46)27-6-3-2-4-7-27/h2-12,14,26,30,34,36H,13,15-17,19-25H2,1H3/t26-,30+,34?,36-/m1/s1. The fourth-order valence-corrected chi connectivity index (χ4v) is 8.03. The van der Waals surface area contributed by atoms with E-state index in [1.807, 2.05) is 42.5 Å². The van der Waals surface area contributed by atoms with Crippen LogP contribution in [0.3, 0.4) is 0 Å². The van der Waals surface area contributed by atoms with Crippen molar-refractivity contribution in [3.63, 3.8) is 0 Å². The van der Waals surface area contributed by atoms with Crippen molar-refractivity contribution in [2.75, 3.05) is 68.8 Å². The predicted octanol–water partition coefficient (Wildman–Crippen LogP) is 3.93. The van der Waals surface area contributed by atoms with Gasteiger partial charge >= 0.3 is 0 Å². The third-order valence-electron chi connectivity index (χ3n) is 10.2. The van der Waals surface area contributed by atoms with Gasteiger partial charge in [-0.2, -0.15) is 5.26 Å². The van der Waals surface area contributed by atoms with E-state index in [1.165, 1.54) is 5.56 Å². The molecule has 0 amide bonds. The number of likely N-dealkylation sites (tertiary alicyclic amines) is 1. The van der Waals surface area contributed by atoms with E-state index in [0.29, 0.717) is 18.7 Å². The molecule has 0 bridgehead atoms. The number of aromatic nitrogens is 2. The molecular weight excluding hydrogens is 602 g/mol. The zero-order valence-electron chi connectivity index (χ0n) is 27.4. The number of Topliss-reactive ketones (excluding diaryl/α,β-unsaturated/α-hetero) is 1. The molecule has 4 aliphatic heterocycles. The van der Waals surface area contributed by atoms with Crippen molar-refractivity contribution in [2.24, 2.45) is 0 Å². The number of fused-ring (bicyclic) bond motifs is 3. The Kier molecular flexibility index (Phi) is 8.53. The highest BCUT2D eigenvalue weighted by Crippen LogP contribution is 2.32. The van der Waals surface area contributed by atoms with E-state index in [1.54, 1.807) is 6.20 Å². The van der Waals surface area contributed by atoms with E-state index in [0.717, 1.165) is 92.4 Å². The lowest BCUT2D eigenvalue weighted by Gasteiger charge is -2.40. The second kappa shape index (κ2) is 13.2. The van der Waals surface area contributed by atoms with Gasteiger partial charge in [0.05, 0.1) is 48.6 Å². The van der Waals surface area contributed by atoms with Gasteiger partial charge in [0.15, 0.2) is 5.78 Å². The molecule has 0 radical (unpaired) electrons. The first-order valence-corrected chi connectivity index (χ1v) is 17.1. The van der Waals surface area contributed by atoms with Crippen LogP contribution in [0.15, 0.2) is 72.9 Å². The summed E-state index contributed by atoms with van der Waals surface area (Å²) in [5.41, 5.74) is 5.57. The molecule has 4 aromatic rings. The van der Waals surface area contributed by atoms with Crippen LogP contribution >= 0.6 is 0 Å². The summed E-state index contributed by atoms with van der Waals surface area (Å²) in [5, 5.41) is 10.6. The van der Waals surface area contributed by atoms with Gasteiger partial charge < -0.3 is 19.3 Å². The predicted molar refractivity (Wildman–Crippen MR) is 184 cm³/mol. The number of morpholine rings is 2. The molecule has 6 heterocycles. The van der Waals surface area contributed by atoms with Crippen LogP contribution in [0.2, 0.25) is 0 Å². The zero-order chi connectivity index (χ0) is 32.6. The highest BCUT2D eigenvalue weighted by molar-refractivity contribution is 5.97. The van der Waals surface area contributed by atoms with Crippen LogP contribution in [0.25, 0.3) is 10.9 Å². The number of nitriles is 1. The van der Waals surface area contributed by atoms with E-state index in [2.05, 4.69) is 61.8 Å². The van der Waals surface area contributed by atoms with Gasteiger partial charge in [-0.05, 0) is 42.8 Å². The fraction of sp³-hybridized carbons (Fsp3) is 0.421. The average molecular weight is 644 g/mol. The first-order valence-electron chi connectivity index (χ1n) is 17.1.